The van der Waals surface area contributed by atoms with Crippen LogP contribution in [0.5, 0.6) is 0 Å². The highest BCUT2D eigenvalue weighted by atomic mass is 16.6. The third-order valence-electron chi connectivity index (χ3n) is 3.18. The van der Waals surface area contributed by atoms with Gasteiger partial charge in [0.1, 0.15) is 11.6 Å². The van der Waals surface area contributed by atoms with Crippen molar-refractivity contribution in [3.8, 4) is 0 Å². The molecule has 0 aromatic heterocycles. The van der Waals surface area contributed by atoms with Crippen LogP contribution in [-0.2, 0) is 9.53 Å². The molecule has 6 heteroatoms. The van der Waals surface area contributed by atoms with E-state index in [1.807, 2.05) is 27.7 Å². The lowest BCUT2D eigenvalue weighted by atomic mass is 10.1. The third kappa shape index (κ3) is 6.23. The lowest BCUT2D eigenvalue weighted by molar-refractivity contribution is -0.139. The highest BCUT2D eigenvalue weighted by molar-refractivity contribution is 5.73. The van der Waals surface area contributed by atoms with Crippen LogP contribution < -0.4 is 10.6 Å². The number of carboxylic acids is 1. The standard InChI is InChI=1S/C14H26N2O4/c1-5-10(12(17)18)15-8-11(9-6-7-9)16-13(19)20-14(2,3)4/h9-11,15H,5-8H2,1-4H3,(H,16,19)(H,17,18). The summed E-state index contributed by atoms with van der Waals surface area (Å²) in [5.41, 5.74) is -0.529. The molecule has 1 aliphatic rings. The first kappa shape index (κ1) is 16.8. The van der Waals surface area contributed by atoms with Gasteiger partial charge in [-0.15, -0.1) is 0 Å². The largest absolute Gasteiger partial charge is 0.480 e. The van der Waals surface area contributed by atoms with Gasteiger partial charge in [0.2, 0.25) is 0 Å². The predicted molar refractivity (Wildman–Crippen MR) is 75.6 cm³/mol. The van der Waals surface area contributed by atoms with E-state index in [0.717, 1.165) is 12.8 Å². The fourth-order valence-electron chi connectivity index (χ4n) is 1.97. The summed E-state index contributed by atoms with van der Waals surface area (Å²) in [7, 11) is 0. The molecule has 1 saturated carbocycles. The summed E-state index contributed by atoms with van der Waals surface area (Å²) in [6.45, 7) is 7.71. The van der Waals surface area contributed by atoms with Crippen LogP contribution in [0.4, 0.5) is 4.79 Å². The summed E-state index contributed by atoms with van der Waals surface area (Å²) >= 11 is 0. The van der Waals surface area contributed by atoms with Crippen molar-refractivity contribution in [2.45, 2.75) is 64.6 Å². The molecule has 0 aromatic rings. The lowest BCUT2D eigenvalue weighted by Gasteiger charge is -2.24. The molecule has 1 rings (SSSR count). The smallest absolute Gasteiger partial charge is 0.407 e. The Kier molecular flexibility index (Phi) is 5.80. The SMILES string of the molecule is CCC(NCC(NC(=O)OC(C)(C)C)C1CC1)C(=O)O. The van der Waals surface area contributed by atoms with Crippen molar-refractivity contribution >= 4 is 12.1 Å². The van der Waals surface area contributed by atoms with Crippen molar-refractivity contribution in [3.63, 3.8) is 0 Å². The minimum atomic E-state index is -0.862. The number of rotatable bonds is 7. The highest BCUT2D eigenvalue weighted by Crippen LogP contribution is 2.32. The van der Waals surface area contributed by atoms with Gasteiger partial charge in [-0.25, -0.2) is 4.79 Å². The van der Waals surface area contributed by atoms with Gasteiger partial charge in [0, 0.05) is 12.6 Å². The Bertz CT molecular complexity index is 348. The number of amides is 1. The molecule has 0 radical (unpaired) electrons. The van der Waals surface area contributed by atoms with Crippen LogP contribution in [0.15, 0.2) is 0 Å². The Labute approximate surface area is 120 Å². The Morgan fingerprint density at radius 3 is 2.35 bits per heavy atom. The van der Waals surface area contributed by atoms with E-state index in [2.05, 4.69) is 10.6 Å². The molecule has 3 N–H and O–H groups in total. The molecule has 20 heavy (non-hydrogen) atoms. The average molecular weight is 286 g/mol. The maximum absolute atomic E-state index is 11.8. The van der Waals surface area contributed by atoms with Gasteiger partial charge < -0.3 is 20.5 Å². The number of carboxylic acid groups (broad SMARTS) is 1. The number of nitrogens with one attached hydrogen (secondary N) is 2. The number of carbonyl (C=O) groups is 2. The Balaban J connectivity index is 2.45. The zero-order valence-electron chi connectivity index (χ0n) is 12.7. The summed E-state index contributed by atoms with van der Waals surface area (Å²) in [5, 5.41) is 14.8. The third-order valence-corrected chi connectivity index (χ3v) is 3.18. The number of hydrogen-bond acceptors (Lipinski definition) is 4. The average Bonchev–Trinajstić information content (AvgIpc) is 3.08. The van der Waals surface area contributed by atoms with Crippen LogP contribution in [0.2, 0.25) is 0 Å². The summed E-state index contributed by atoms with van der Waals surface area (Å²) < 4.78 is 5.23. The van der Waals surface area contributed by atoms with Crippen LogP contribution >= 0.6 is 0 Å². The van der Waals surface area contributed by atoms with E-state index in [-0.39, 0.29) is 6.04 Å². The van der Waals surface area contributed by atoms with Gasteiger partial charge >= 0.3 is 12.1 Å². The summed E-state index contributed by atoms with van der Waals surface area (Å²) in [6.07, 6.45) is 2.19. The maximum atomic E-state index is 11.8. The van der Waals surface area contributed by atoms with E-state index in [9.17, 15) is 9.59 Å². The molecule has 1 fully saturated rings. The quantitative estimate of drug-likeness (QED) is 0.663. The van der Waals surface area contributed by atoms with Crippen LogP contribution in [0.1, 0.15) is 47.0 Å². The van der Waals surface area contributed by atoms with Crippen molar-refractivity contribution in [1.29, 1.82) is 0 Å². The summed E-state index contributed by atoms with van der Waals surface area (Å²) in [5.74, 6) is -0.444. The number of hydrogen-bond donors (Lipinski definition) is 3. The molecule has 0 heterocycles. The van der Waals surface area contributed by atoms with Crippen molar-refractivity contribution in [3.05, 3.63) is 0 Å². The zero-order chi connectivity index (χ0) is 15.3. The van der Waals surface area contributed by atoms with Gasteiger partial charge in [-0.05, 0) is 46.0 Å². The fraction of sp³-hybridized carbons (Fsp3) is 0.857. The number of alkyl carbamates (subject to hydrolysis) is 1. The lowest BCUT2D eigenvalue weighted by Crippen LogP contribution is -2.49. The van der Waals surface area contributed by atoms with E-state index in [1.165, 1.54) is 0 Å². The minimum absolute atomic E-state index is 0.0711. The molecule has 116 valence electrons. The number of ether oxygens (including phenoxy) is 1. The molecular weight excluding hydrogens is 260 g/mol. The highest BCUT2D eigenvalue weighted by Gasteiger charge is 2.33. The second-order valence-corrected chi connectivity index (χ2v) is 6.30. The molecule has 1 aliphatic carbocycles. The van der Waals surface area contributed by atoms with E-state index < -0.39 is 23.7 Å². The molecule has 6 nitrogen and oxygen atoms in total. The Hall–Kier alpha value is -1.30. The maximum Gasteiger partial charge on any atom is 0.407 e. The molecule has 1 amide bonds. The van der Waals surface area contributed by atoms with Crippen molar-refractivity contribution in [1.82, 2.24) is 10.6 Å². The van der Waals surface area contributed by atoms with E-state index >= 15 is 0 Å². The van der Waals surface area contributed by atoms with Gasteiger partial charge in [0.05, 0.1) is 0 Å². The zero-order valence-corrected chi connectivity index (χ0v) is 12.7. The molecule has 0 saturated heterocycles. The normalized spacial score (nSPS) is 18.2. The van der Waals surface area contributed by atoms with Gasteiger partial charge in [-0.1, -0.05) is 6.92 Å². The second-order valence-electron chi connectivity index (χ2n) is 6.30. The molecule has 0 aromatic carbocycles. The van der Waals surface area contributed by atoms with Crippen LogP contribution in [0.25, 0.3) is 0 Å². The van der Waals surface area contributed by atoms with E-state index in [4.69, 9.17) is 9.84 Å². The van der Waals surface area contributed by atoms with E-state index in [1.54, 1.807) is 0 Å². The molecule has 0 aliphatic heterocycles. The minimum Gasteiger partial charge on any atom is -0.480 e. The molecule has 2 atom stereocenters. The van der Waals surface area contributed by atoms with Crippen molar-refractivity contribution in [2.24, 2.45) is 5.92 Å². The van der Waals surface area contributed by atoms with Gasteiger partial charge in [0.25, 0.3) is 0 Å². The van der Waals surface area contributed by atoms with Crippen LogP contribution in [-0.4, -0.2) is 41.4 Å². The van der Waals surface area contributed by atoms with Gasteiger partial charge in [-0.2, -0.15) is 0 Å². The van der Waals surface area contributed by atoms with Gasteiger partial charge in [-0.3, -0.25) is 4.79 Å². The van der Waals surface area contributed by atoms with Crippen molar-refractivity contribution < 1.29 is 19.4 Å². The molecular formula is C14H26N2O4. The monoisotopic (exact) mass is 286 g/mol. The Morgan fingerprint density at radius 2 is 1.95 bits per heavy atom. The first-order valence-corrected chi connectivity index (χ1v) is 7.18. The summed E-state index contributed by atoms with van der Waals surface area (Å²) in [4.78, 5) is 22.7. The first-order chi connectivity index (χ1) is 9.23. The molecule has 2 unspecified atom stereocenters. The Morgan fingerprint density at radius 1 is 1.35 bits per heavy atom. The number of carbonyl (C=O) groups excluding carboxylic acids is 1. The van der Waals surface area contributed by atoms with Crippen LogP contribution in [0, 0.1) is 5.92 Å². The first-order valence-electron chi connectivity index (χ1n) is 7.18. The molecule has 0 bridgehead atoms. The van der Waals surface area contributed by atoms with Crippen LogP contribution in [0.3, 0.4) is 0 Å². The predicted octanol–water partition coefficient (Wildman–Crippen LogP) is 1.74. The number of aliphatic carboxylic acids is 1. The summed E-state index contributed by atoms with van der Waals surface area (Å²) in [6, 6.07) is -0.644. The fourth-order valence-corrected chi connectivity index (χ4v) is 1.97. The topological polar surface area (TPSA) is 87.7 Å². The van der Waals surface area contributed by atoms with Crippen molar-refractivity contribution in [2.75, 3.05) is 6.54 Å². The van der Waals surface area contributed by atoms with Gasteiger partial charge in [0.15, 0.2) is 0 Å². The molecule has 0 spiro atoms. The van der Waals surface area contributed by atoms with E-state index in [0.29, 0.717) is 18.9 Å². The second kappa shape index (κ2) is 6.92.